The third kappa shape index (κ3) is 3.04. The van der Waals surface area contributed by atoms with Gasteiger partial charge in [0.2, 0.25) is 5.91 Å². The number of hydrogen-bond acceptors (Lipinski definition) is 10. The molecule has 0 radical (unpaired) electrons. The average Bonchev–Trinajstić information content (AvgIpc) is 3.30. The number of benzene rings is 1. The van der Waals surface area contributed by atoms with Gasteiger partial charge in [-0.3, -0.25) is 9.59 Å². The Morgan fingerprint density at radius 2 is 2.05 bits per heavy atom. The number of pyridine rings is 2. The molecule has 0 fully saturated rings. The number of aromatic nitrogens is 2. The van der Waals surface area contributed by atoms with E-state index in [0.29, 0.717) is 47.4 Å². The molecule has 1 amide bonds. The number of amides is 1. The standard InChI is InChI=1S/C26H23N3O8S/c1-2-26(34)13-5-16-21-11(7-29(16)24(32)12(13)9-37-25(26)33)19-15(27-18(31)8-30)10-38-23-20(19)14(28-21)6-17-22(23)36-4-3-35-17/h5-6,15,30,34H,2-4,7-10H2,1H3,(H,27,31)/t15-,26-/m0/s1. The number of carbonyl (C=O) groups excluding carboxylic acids is 2. The summed E-state index contributed by atoms with van der Waals surface area (Å²) in [5.74, 6) is 0.391. The number of thioether (sulfide) groups is 1. The van der Waals surface area contributed by atoms with Crippen molar-refractivity contribution in [3.8, 4) is 22.9 Å². The monoisotopic (exact) mass is 537 g/mol. The predicted molar refractivity (Wildman–Crippen MR) is 134 cm³/mol. The second-order valence-corrected chi connectivity index (χ2v) is 10.7. The molecule has 0 bridgehead atoms. The van der Waals surface area contributed by atoms with Crippen LogP contribution < -0.4 is 20.3 Å². The molecule has 38 heavy (non-hydrogen) atoms. The number of esters is 1. The van der Waals surface area contributed by atoms with Crippen molar-refractivity contribution >= 4 is 34.5 Å². The molecular formula is C26H23N3O8S. The minimum Gasteiger partial charge on any atom is -0.486 e. The summed E-state index contributed by atoms with van der Waals surface area (Å²) < 4.78 is 18.6. The Kier molecular flexibility index (Phi) is 5.07. The summed E-state index contributed by atoms with van der Waals surface area (Å²) in [7, 11) is 0. The van der Waals surface area contributed by atoms with Crippen LogP contribution in [0.1, 0.15) is 41.6 Å². The van der Waals surface area contributed by atoms with E-state index in [2.05, 4.69) is 5.32 Å². The van der Waals surface area contributed by atoms with Gasteiger partial charge in [-0.1, -0.05) is 6.92 Å². The van der Waals surface area contributed by atoms with Gasteiger partial charge in [0.15, 0.2) is 17.1 Å². The van der Waals surface area contributed by atoms with Crippen LogP contribution in [-0.2, 0) is 33.1 Å². The lowest BCUT2D eigenvalue weighted by Gasteiger charge is -2.31. The van der Waals surface area contributed by atoms with Gasteiger partial charge in [0.1, 0.15) is 26.4 Å². The van der Waals surface area contributed by atoms with Crippen LogP contribution in [0, 0.1) is 0 Å². The second-order valence-electron chi connectivity index (χ2n) is 9.67. The van der Waals surface area contributed by atoms with Gasteiger partial charge in [-0.15, -0.1) is 11.8 Å². The van der Waals surface area contributed by atoms with E-state index >= 15 is 0 Å². The number of nitrogens with zero attached hydrogens (tertiary/aromatic N) is 2. The van der Waals surface area contributed by atoms with Crippen LogP contribution >= 0.6 is 11.8 Å². The third-order valence-electron chi connectivity index (χ3n) is 7.70. The lowest BCUT2D eigenvalue weighted by atomic mass is 9.86. The van der Waals surface area contributed by atoms with Crippen LogP contribution in [-0.4, -0.2) is 57.2 Å². The molecule has 12 heteroatoms. The van der Waals surface area contributed by atoms with Crippen molar-refractivity contribution in [2.75, 3.05) is 25.6 Å². The molecule has 2 atom stereocenters. The highest BCUT2D eigenvalue weighted by molar-refractivity contribution is 7.99. The summed E-state index contributed by atoms with van der Waals surface area (Å²) >= 11 is 1.52. The molecule has 196 valence electrons. The highest BCUT2D eigenvalue weighted by atomic mass is 32.2. The summed E-state index contributed by atoms with van der Waals surface area (Å²) in [6.45, 7) is 1.80. The van der Waals surface area contributed by atoms with Gasteiger partial charge in [-0.2, -0.15) is 0 Å². The van der Waals surface area contributed by atoms with Crippen molar-refractivity contribution in [1.29, 1.82) is 0 Å². The maximum absolute atomic E-state index is 13.7. The average molecular weight is 538 g/mol. The fourth-order valence-corrected chi connectivity index (χ4v) is 7.10. The maximum atomic E-state index is 13.7. The Hall–Kier alpha value is -3.61. The fourth-order valence-electron chi connectivity index (χ4n) is 5.87. The predicted octanol–water partition coefficient (Wildman–Crippen LogP) is 1.11. The van der Waals surface area contributed by atoms with Crippen molar-refractivity contribution in [1.82, 2.24) is 14.9 Å². The molecule has 3 aromatic rings. The van der Waals surface area contributed by atoms with Crippen molar-refractivity contribution in [2.24, 2.45) is 0 Å². The Labute approximate surface area is 219 Å². The number of rotatable bonds is 3. The molecule has 1 aromatic carbocycles. The first-order valence-corrected chi connectivity index (χ1v) is 13.3. The van der Waals surface area contributed by atoms with E-state index in [1.165, 1.54) is 11.8 Å². The van der Waals surface area contributed by atoms with Crippen LogP contribution in [0.4, 0.5) is 0 Å². The number of hydrogen-bond donors (Lipinski definition) is 3. The van der Waals surface area contributed by atoms with Crippen LogP contribution in [0.2, 0.25) is 0 Å². The first kappa shape index (κ1) is 23.5. The van der Waals surface area contributed by atoms with Crippen molar-refractivity contribution in [3.63, 3.8) is 0 Å². The maximum Gasteiger partial charge on any atom is 0.343 e. The zero-order chi connectivity index (χ0) is 26.3. The molecule has 4 aliphatic rings. The summed E-state index contributed by atoms with van der Waals surface area (Å²) in [5.41, 5.74) is 1.36. The second kappa shape index (κ2) is 8.19. The number of aliphatic hydroxyl groups is 2. The van der Waals surface area contributed by atoms with Gasteiger partial charge in [0.25, 0.3) is 5.56 Å². The number of aliphatic hydroxyl groups excluding tert-OH is 1. The highest BCUT2D eigenvalue weighted by Crippen LogP contribution is 2.53. The molecule has 6 heterocycles. The Morgan fingerprint density at radius 3 is 2.84 bits per heavy atom. The third-order valence-corrected chi connectivity index (χ3v) is 8.88. The first-order chi connectivity index (χ1) is 18.4. The topological polar surface area (TPSA) is 149 Å². The van der Waals surface area contributed by atoms with Gasteiger partial charge >= 0.3 is 5.97 Å². The number of nitrogens with one attached hydrogen (secondary N) is 1. The molecule has 0 saturated carbocycles. The molecule has 2 aromatic heterocycles. The zero-order valence-electron chi connectivity index (χ0n) is 20.3. The van der Waals surface area contributed by atoms with Crippen LogP contribution in [0.15, 0.2) is 21.8 Å². The van der Waals surface area contributed by atoms with E-state index in [9.17, 15) is 24.6 Å². The molecular weight excluding hydrogens is 514 g/mol. The summed E-state index contributed by atoms with van der Waals surface area (Å²) in [4.78, 5) is 44.3. The van der Waals surface area contributed by atoms with Crippen molar-refractivity contribution in [2.45, 2.75) is 43.0 Å². The Balaban J connectivity index is 1.52. The SMILES string of the molecule is CC[C@@]1(O)C(=O)OCc2c1cc1n(c2=O)Cc2c-1nc1cc3c(c4c1c2[C@@H](NC(=O)CO)CS4)OCCO3. The lowest BCUT2D eigenvalue weighted by molar-refractivity contribution is -0.172. The smallest absolute Gasteiger partial charge is 0.343 e. The number of carbonyl (C=O) groups is 2. The molecule has 0 unspecified atom stereocenters. The molecule has 4 aliphatic heterocycles. The van der Waals surface area contributed by atoms with E-state index in [4.69, 9.17) is 19.2 Å². The van der Waals surface area contributed by atoms with E-state index < -0.39 is 30.1 Å². The van der Waals surface area contributed by atoms with Crippen molar-refractivity contribution in [3.05, 3.63) is 44.7 Å². The Morgan fingerprint density at radius 1 is 1.24 bits per heavy atom. The Bertz CT molecular complexity index is 1650. The molecule has 3 N–H and O–H groups in total. The van der Waals surface area contributed by atoms with E-state index in [-0.39, 0.29) is 36.3 Å². The van der Waals surface area contributed by atoms with Crippen molar-refractivity contribution < 1.29 is 34.0 Å². The molecule has 7 rings (SSSR count). The molecule has 0 aliphatic carbocycles. The quantitative estimate of drug-likeness (QED) is 0.325. The van der Waals surface area contributed by atoms with E-state index in [1.54, 1.807) is 23.6 Å². The first-order valence-electron chi connectivity index (χ1n) is 12.3. The number of cyclic esters (lactones) is 1. The largest absolute Gasteiger partial charge is 0.486 e. The highest BCUT2D eigenvalue weighted by Gasteiger charge is 2.46. The van der Waals surface area contributed by atoms with E-state index in [0.717, 1.165) is 21.4 Å². The lowest BCUT2D eigenvalue weighted by Crippen LogP contribution is -2.44. The van der Waals surface area contributed by atoms with Gasteiger partial charge in [-0.05, 0) is 18.1 Å². The van der Waals surface area contributed by atoms with Gasteiger partial charge < -0.3 is 34.3 Å². The van der Waals surface area contributed by atoms with Gasteiger partial charge in [-0.25, -0.2) is 9.78 Å². The molecule has 0 saturated heterocycles. The van der Waals surface area contributed by atoms with Crippen LogP contribution in [0.3, 0.4) is 0 Å². The zero-order valence-corrected chi connectivity index (χ0v) is 21.1. The van der Waals surface area contributed by atoms with E-state index in [1.807, 2.05) is 0 Å². The molecule has 0 spiro atoms. The summed E-state index contributed by atoms with van der Waals surface area (Å²) in [6, 6.07) is 3.01. The minimum absolute atomic E-state index is 0.0459. The molecule has 11 nitrogen and oxygen atoms in total. The number of fused-ring (bicyclic) bond motifs is 7. The summed E-state index contributed by atoms with van der Waals surface area (Å²) in [6.07, 6.45) is 0.0459. The van der Waals surface area contributed by atoms with Gasteiger partial charge in [0.05, 0.1) is 40.0 Å². The van der Waals surface area contributed by atoms with Crippen LogP contribution in [0.25, 0.3) is 22.3 Å². The number of ether oxygens (including phenoxy) is 3. The minimum atomic E-state index is -1.93. The normalized spacial score (nSPS) is 22.4. The van der Waals surface area contributed by atoms with Crippen LogP contribution in [0.5, 0.6) is 11.5 Å². The fraction of sp³-hybridized carbons (Fsp3) is 0.385. The summed E-state index contributed by atoms with van der Waals surface area (Å²) in [5, 5.41) is 24.3. The van der Waals surface area contributed by atoms with Gasteiger partial charge in [0, 0.05) is 28.3 Å².